The molecule has 0 saturated carbocycles. The van der Waals surface area contributed by atoms with Crippen molar-refractivity contribution in [3.05, 3.63) is 0 Å². The molecule has 0 amide bonds. The Balaban J connectivity index is 2.49. The van der Waals surface area contributed by atoms with Crippen LogP contribution in [0.4, 0.5) is 0 Å². The van der Waals surface area contributed by atoms with Gasteiger partial charge in [0.1, 0.15) is 0 Å². The molecule has 1 heterocycles. The van der Waals surface area contributed by atoms with Crippen molar-refractivity contribution >= 4 is 0 Å². The van der Waals surface area contributed by atoms with Crippen LogP contribution in [0.1, 0.15) is 20.3 Å². The SMILES string of the molecule is CC#CCNC(C)(CN)C1CCOC1. The second kappa shape index (κ2) is 5.35. The summed E-state index contributed by atoms with van der Waals surface area (Å²) < 4.78 is 5.38. The minimum absolute atomic E-state index is 0.0274. The third kappa shape index (κ3) is 2.71. The monoisotopic (exact) mass is 196 g/mol. The van der Waals surface area contributed by atoms with E-state index >= 15 is 0 Å². The van der Waals surface area contributed by atoms with E-state index in [1.54, 1.807) is 0 Å². The highest BCUT2D eigenvalue weighted by molar-refractivity contribution is 5.01. The van der Waals surface area contributed by atoms with Crippen LogP contribution in [0.5, 0.6) is 0 Å². The predicted octanol–water partition coefficient (Wildman–Crippen LogP) is 0.353. The van der Waals surface area contributed by atoms with Crippen LogP contribution in [0.15, 0.2) is 0 Å². The highest BCUT2D eigenvalue weighted by atomic mass is 16.5. The molecule has 3 N–H and O–H groups in total. The molecular formula is C11H20N2O. The Morgan fingerprint density at radius 1 is 1.64 bits per heavy atom. The molecule has 1 saturated heterocycles. The van der Waals surface area contributed by atoms with Crippen molar-refractivity contribution in [1.29, 1.82) is 0 Å². The minimum atomic E-state index is -0.0274. The van der Waals surface area contributed by atoms with Crippen molar-refractivity contribution in [3.8, 4) is 11.8 Å². The van der Waals surface area contributed by atoms with Gasteiger partial charge in [0.05, 0.1) is 13.2 Å². The van der Waals surface area contributed by atoms with Gasteiger partial charge in [0.2, 0.25) is 0 Å². The van der Waals surface area contributed by atoms with E-state index in [-0.39, 0.29) is 5.54 Å². The van der Waals surface area contributed by atoms with Crippen molar-refractivity contribution < 1.29 is 4.74 Å². The third-order valence-electron chi connectivity index (χ3n) is 3.01. The van der Waals surface area contributed by atoms with Gasteiger partial charge in [-0.1, -0.05) is 5.92 Å². The normalized spacial score (nSPS) is 25.2. The van der Waals surface area contributed by atoms with Gasteiger partial charge in [-0.25, -0.2) is 0 Å². The van der Waals surface area contributed by atoms with Crippen LogP contribution < -0.4 is 11.1 Å². The van der Waals surface area contributed by atoms with Gasteiger partial charge in [0.15, 0.2) is 0 Å². The molecule has 80 valence electrons. The number of nitrogens with two attached hydrogens (primary N) is 1. The lowest BCUT2D eigenvalue weighted by molar-refractivity contribution is 0.157. The molecule has 1 fully saturated rings. The van der Waals surface area contributed by atoms with E-state index in [1.807, 2.05) is 6.92 Å². The van der Waals surface area contributed by atoms with Crippen molar-refractivity contribution in [1.82, 2.24) is 5.32 Å². The van der Waals surface area contributed by atoms with E-state index in [1.165, 1.54) is 0 Å². The summed E-state index contributed by atoms with van der Waals surface area (Å²) in [4.78, 5) is 0. The van der Waals surface area contributed by atoms with Gasteiger partial charge in [-0.3, -0.25) is 5.32 Å². The largest absolute Gasteiger partial charge is 0.381 e. The van der Waals surface area contributed by atoms with Crippen LogP contribution >= 0.6 is 0 Å². The fourth-order valence-corrected chi connectivity index (χ4v) is 1.75. The van der Waals surface area contributed by atoms with Gasteiger partial charge in [0.25, 0.3) is 0 Å². The van der Waals surface area contributed by atoms with Crippen LogP contribution in [0, 0.1) is 17.8 Å². The van der Waals surface area contributed by atoms with Gasteiger partial charge in [-0.15, -0.1) is 5.92 Å². The number of hydrogen-bond acceptors (Lipinski definition) is 3. The zero-order valence-electron chi connectivity index (χ0n) is 9.10. The first-order valence-electron chi connectivity index (χ1n) is 5.15. The fourth-order valence-electron chi connectivity index (χ4n) is 1.75. The molecule has 0 radical (unpaired) electrons. The maximum absolute atomic E-state index is 5.80. The first-order chi connectivity index (χ1) is 6.73. The summed E-state index contributed by atoms with van der Waals surface area (Å²) in [5.74, 6) is 6.39. The summed E-state index contributed by atoms with van der Waals surface area (Å²) in [6.45, 7) is 7.03. The first-order valence-corrected chi connectivity index (χ1v) is 5.15. The van der Waals surface area contributed by atoms with E-state index < -0.39 is 0 Å². The number of nitrogens with one attached hydrogen (secondary N) is 1. The molecule has 2 atom stereocenters. The summed E-state index contributed by atoms with van der Waals surface area (Å²) in [6.07, 6.45) is 1.10. The summed E-state index contributed by atoms with van der Waals surface area (Å²) in [6, 6.07) is 0. The van der Waals surface area contributed by atoms with Crippen molar-refractivity contribution in [2.45, 2.75) is 25.8 Å². The van der Waals surface area contributed by atoms with Crippen molar-refractivity contribution in [2.24, 2.45) is 11.7 Å². The lowest BCUT2D eigenvalue weighted by Gasteiger charge is -2.34. The Labute approximate surface area is 86.4 Å². The number of rotatable bonds is 4. The molecule has 1 rings (SSSR count). The second-order valence-electron chi connectivity index (χ2n) is 3.96. The zero-order chi connectivity index (χ0) is 10.4. The summed E-state index contributed by atoms with van der Waals surface area (Å²) >= 11 is 0. The van der Waals surface area contributed by atoms with Crippen LogP contribution in [0.2, 0.25) is 0 Å². The van der Waals surface area contributed by atoms with E-state index in [9.17, 15) is 0 Å². The molecule has 1 aliphatic heterocycles. The molecule has 3 heteroatoms. The molecule has 0 aromatic heterocycles. The predicted molar refractivity (Wildman–Crippen MR) is 57.8 cm³/mol. The van der Waals surface area contributed by atoms with Gasteiger partial charge < -0.3 is 10.5 Å². The average molecular weight is 196 g/mol. The Morgan fingerprint density at radius 2 is 2.43 bits per heavy atom. The standard InChI is InChI=1S/C11H20N2O/c1-3-4-6-13-11(2,9-12)10-5-7-14-8-10/h10,13H,5-9,12H2,1-2H3. The molecule has 2 unspecified atom stereocenters. The highest BCUT2D eigenvalue weighted by Gasteiger charge is 2.34. The van der Waals surface area contributed by atoms with Crippen molar-refractivity contribution in [2.75, 3.05) is 26.3 Å². The van der Waals surface area contributed by atoms with E-state index in [4.69, 9.17) is 10.5 Å². The van der Waals surface area contributed by atoms with Gasteiger partial charge in [-0.05, 0) is 20.3 Å². The van der Waals surface area contributed by atoms with E-state index in [0.717, 1.165) is 19.6 Å². The van der Waals surface area contributed by atoms with Crippen LogP contribution in [0.25, 0.3) is 0 Å². The van der Waals surface area contributed by atoms with Gasteiger partial charge in [0, 0.05) is 24.6 Å². The molecule has 14 heavy (non-hydrogen) atoms. The molecule has 0 bridgehead atoms. The lowest BCUT2D eigenvalue weighted by Crippen LogP contribution is -2.54. The Hall–Kier alpha value is -0.560. The minimum Gasteiger partial charge on any atom is -0.381 e. The maximum Gasteiger partial charge on any atom is 0.0581 e. The van der Waals surface area contributed by atoms with E-state index in [0.29, 0.717) is 19.0 Å². The van der Waals surface area contributed by atoms with Crippen LogP contribution in [-0.2, 0) is 4.74 Å². The Bertz CT molecular complexity index is 225. The second-order valence-corrected chi connectivity index (χ2v) is 3.96. The summed E-state index contributed by atoms with van der Waals surface area (Å²) in [7, 11) is 0. The van der Waals surface area contributed by atoms with Gasteiger partial charge in [-0.2, -0.15) is 0 Å². The molecule has 0 aliphatic carbocycles. The molecule has 0 aromatic rings. The number of hydrogen-bond donors (Lipinski definition) is 2. The third-order valence-corrected chi connectivity index (χ3v) is 3.01. The Kier molecular flexibility index (Phi) is 4.40. The van der Waals surface area contributed by atoms with Gasteiger partial charge >= 0.3 is 0 Å². The zero-order valence-corrected chi connectivity index (χ0v) is 9.10. The fraction of sp³-hybridized carbons (Fsp3) is 0.818. The van der Waals surface area contributed by atoms with Crippen LogP contribution in [0.3, 0.4) is 0 Å². The average Bonchev–Trinajstić information content (AvgIpc) is 2.71. The first kappa shape index (κ1) is 11.5. The topological polar surface area (TPSA) is 47.3 Å². The Morgan fingerprint density at radius 3 is 2.93 bits per heavy atom. The van der Waals surface area contributed by atoms with Crippen LogP contribution in [-0.4, -0.2) is 31.8 Å². The summed E-state index contributed by atoms with van der Waals surface area (Å²) in [5, 5.41) is 3.41. The summed E-state index contributed by atoms with van der Waals surface area (Å²) in [5.41, 5.74) is 5.78. The molecule has 3 nitrogen and oxygen atoms in total. The maximum atomic E-state index is 5.80. The lowest BCUT2D eigenvalue weighted by atomic mass is 9.85. The quantitative estimate of drug-likeness (QED) is 0.638. The highest BCUT2D eigenvalue weighted by Crippen LogP contribution is 2.24. The van der Waals surface area contributed by atoms with E-state index in [2.05, 4.69) is 24.1 Å². The number of ether oxygens (including phenoxy) is 1. The van der Waals surface area contributed by atoms with Crippen molar-refractivity contribution in [3.63, 3.8) is 0 Å². The molecule has 0 aromatic carbocycles. The smallest absolute Gasteiger partial charge is 0.0581 e. The molecule has 0 spiro atoms. The molecular weight excluding hydrogens is 176 g/mol. The molecule has 1 aliphatic rings.